The molecule has 1 unspecified atom stereocenters. The Morgan fingerprint density at radius 2 is 2.17 bits per heavy atom. The van der Waals surface area contributed by atoms with E-state index < -0.39 is 11.9 Å². The molecule has 18 heavy (non-hydrogen) atoms. The van der Waals surface area contributed by atoms with E-state index >= 15 is 0 Å². The van der Waals surface area contributed by atoms with E-state index in [1.54, 1.807) is 13.0 Å². The number of hydrogen-bond acceptors (Lipinski definition) is 4. The van der Waals surface area contributed by atoms with Gasteiger partial charge in [-0.3, -0.25) is 9.59 Å². The number of anilines is 1. The van der Waals surface area contributed by atoms with Gasteiger partial charge in [0.15, 0.2) is 0 Å². The van der Waals surface area contributed by atoms with E-state index in [9.17, 15) is 9.59 Å². The molecule has 0 aliphatic heterocycles. The fraction of sp³-hybridized carbons (Fsp3) is 0.417. The number of aromatic nitrogens is 1. The molecule has 1 atom stereocenters. The number of pyridine rings is 1. The van der Waals surface area contributed by atoms with E-state index in [2.05, 4.69) is 10.3 Å². The minimum atomic E-state index is -0.878. The lowest BCUT2D eigenvalue weighted by Gasteiger charge is -2.16. The van der Waals surface area contributed by atoms with Gasteiger partial charge in [-0.05, 0) is 25.5 Å². The predicted octanol–water partition coefficient (Wildman–Crippen LogP) is 1.15. The average Bonchev–Trinajstić information content (AvgIpc) is 2.26. The zero-order valence-corrected chi connectivity index (χ0v) is 10.4. The molecule has 1 aromatic heterocycles. The second kappa shape index (κ2) is 6.00. The summed E-state index contributed by atoms with van der Waals surface area (Å²) in [4.78, 5) is 26.0. The summed E-state index contributed by atoms with van der Waals surface area (Å²) in [6, 6.07) is 2.89. The third-order valence-corrected chi connectivity index (χ3v) is 2.50. The number of nitrogens with one attached hydrogen (secondary N) is 1. The molecule has 0 saturated heterocycles. The van der Waals surface area contributed by atoms with Crippen molar-refractivity contribution in [1.29, 1.82) is 0 Å². The van der Waals surface area contributed by atoms with Gasteiger partial charge in [-0.2, -0.15) is 0 Å². The zero-order chi connectivity index (χ0) is 13.7. The number of amides is 1. The van der Waals surface area contributed by atoms with Gasteiger partial charge in [-0.1, -0.05) is 6.92 Å². The third-order valence-electron chi connectivity index (χ3n) is 2.50. The van der Waals surface area contributed by atoms with Crippen LogP contribution < -0.4 is 11.1 Å². The number of carbonyl (C=O) groups excluding carboxylic acids is 1. The van der Waals surface area contributed by atoms with Crippen molar-refractivity contribution in [2.24, 2.45) is 5.73 Å². The monoisotopic (exact) mass is 251 g/mol. The molecule has 1 rings (SSSR count). The van der Waals surface area contributed by atoms with Crippen LogP contribution in [0.25, 0.3) is 0 Å². The number of nitrogens with two attached hydrogens (primary N) is 1. The van der Waals surface area contributed by atoms with Gasteiger partial charge in [0.25, 0.3) is 0 Å². The topological polar surface area (TPSA) is 105 Å². The van der Waals surface area contributed by atoms with Gasteiger partial charge in [0, 0.05) is 17.3 Å². The first kappa shape index (κ1) is 14.0. The van der Waals surface area contributed by atoms with Crippen LogP contribution >= 0.6 is 0 Å². The summed E-state index contributed by atoms with van der Waals surface area (Å²) in [6.07, 6.45) is 0.645. The van der Waals surface area contributed by atoms with Crippen LogP contribution in [0.4, 0.5) is 5.82 Å². The highest BCUT2D eigenvalue weighted by atomic mass is 16.4. The van der Waals surface area contributed by atoms with Crippen LogP contribution in [-0.2, 0) is 4.79 Å². The van der Waals surface area contributed by atoms with Crippen molar-refractivity contribution >= 4 is 17.7 Å². The van der Waals surface area contributed by atoms with Crippen LogP contribution in [0.3, 0.4) is 0 Å². The number of carbonyl (C=O) groups is 2. The Balaban J connectivity index is 2.88. The fourth-order valence-electron chi connectivity index (χ4n) is 1.60. The van der Waals surface area contributed by atoms with E-state index in [4.69, 9.17) is 10.8 Å². The standard InChI is InChI=1S/C12H17N3O3/c1-3-9(6-11(16)17)15-10-5-8(12(13)18)4-7(2)14-10/h4-5,9H,3,6H2,1-2H3,(H2,13,18)(H,14,15)(H,16,17). The highest BCUT2D eigenvalue weighted by Gasteiger charge is 2.12. The lowest BCUT2D eigenvalue weighted by atomic mass is 10.1. The Labute approximate surface area is 105 Å². The molecular weight excluding hydrogens is 234 g/mol. The molecule has 0 aliphatic rings. The van der Waals surface area contributed by atoms with Crippen molar-refractivity contribution in [3.63, 3.8) is 0 Å². The molecular formula is C12H17N3O3. The molecule has 0 bridgehead atoms. The smallest absolute Gasteiger partial charge is 0.305 e. The van der Waals surface area contributed by atoms with Gasteiger partial charge in [0.05, 0.1) is 6.42 Å². The number of rotatable bonds is 6. The molecule has 0 fully saturated rings. The van der Waals surface area contributed by atoms with E-state index in [1.165, 1.54) is 6.07 Å². The van der Waals surface area contributed by atoms with Crippen molar-refractivity contribution in [2.45, 2.75) is 32.7 Å². The maximum atomic E-state index is 11.1. The highest BCUT2D eigenvalue weighted by molar-refractivity contribution is 5.93. The van der Waals surface area contributed by atoms with Crippen molar-refractivity contribution in [3.8, 4) is 0 Å². The third kappa shape index (κ3) is 4.04. The van der Waals surface area contributed by atoms with Gasteiger partial charge < -0.3 is 16.2 Å². The summed E-state index contributed by atoms with van der Waals surface area (Å²) < 4.78 is 0. The Kier molecular flexibility index (Phi) is 4.65. The van der Waals surface area contributed by atoms with E-state index in [0.29, 0.717) is 23.5 Å². The maximum Gasteiger partial charge on any atom is 0.305 e. The molecule has 4 N–H and O–H groups in total. The minimum Gasteiger partial charge on any atom is -0.481 e. The summed E-state index contributed by atoms with van der Waals surface area (Å²) in [5.41, 5.74) is 6.22. The van der Waals surface area contributed by atoms with E-state index in [1.807, 2.05) is 6.92 Å². The number of carboxylic acids is 1. The molecule has 0 aromatic carbocycles. The molecule has 0 aliphatic carbocycles. The second-order valence-corrected chi connectivity index (χ2v) is 4.09. The number of aliphatic carboxylic acids is 1. The second-order valence-electron chi connectivity index (χ2n) is 4.09. The number of hydrogen-bond donors (Lipinski definition) is 3. The summed E-state index contributed by atoms with van der Waals surface area (Å²) in [6.45, 7) is 3.63. The number of carboxylic acid groups (broad SMARTS) is 1. The number of nitrogens with zero attached hydrogens (tertiary/aromatic N) is 1. The van der Waals surface area contributed by atoms with Crippen molar-refractivity contribution < 1.29 is 14.7 Å². The van der Waals surface area contributed by atoms with Crippen LogP contribution in [0, 0.1) is 6.92 Å². The molecule has 98 valence electrons. The first-order valence-corrected chi connectivity index (χ1v) is 5.69. The Bertz CT molecular complexity index is 460. The van der Waals surface area contributed by atoms with Crippen molar-refractivity contribution in [2.75, 3.05) is 5.32 Å². The Hall–Kier alpha value is -2.11. The fourth-order valence-corrected chi connectivity index (χ4v) is 1.60. The van der Waals surface area contributed by atoms with Crippen LogP contribution in [0.1, 0.15) is 35.8 Å². The van der Waals surface area contributed by atoms with Crippen molar-refractivity contribution in [3.05, 3.63) is 23.4 Å². The molecule has 1 amide bonds. The summed E-state index contributed by atoms with van der Waals surface area (Å²) in [5.74, 6) is -0.941. The van der Waals surface area contributed by atoms with E-state index in [0.717, 1.165) is 0 Å². The van der Waals surface area contributed by atoms with Gasteiger partial charge >= 0.3 is 5.97 Å². The first-order valence-electron chi connectivity index (χ1n) is 5.69. The maximum absolute atomic E-state index is 11.1. The van der Waals surface area contributed by atoms with Crippen LogP contribution in [0.2, 0.25) is 0 Å². The quantitative estimate of drug-likeness (QED) is 0.703. The first-order chi connectivity index (χ1) is 8.42. The average molecular weight is 251 g/mol. The van der Waals surface area contributed by atoms with Gasteiger partial charge in [0.1, 0.15) is 5.82 Å². The molecule has 0 spiro atoms. The minimum absolute atomic E-state index is 0.00196. The lowest BCUT2D eigenvalue weighted by Crippen LogP contribution is -2.23. The summed E-state index contributed by atoms with van der Waals surface area (Å²) in [5, 5.41) is 11.8. The van der Waals surface area contributed by atoms with Crippen LogP contribution in [0.15, 0.2) is 12.1 Å². The SMILES string of the molecule is CCC(CC(=O)O)Nc1cc(C(N)=O)cc(C)n1. The zero-order valence-electron chi connectivity index (χ0n) is 10.4. The number of aryl methyl sites for hydroxylation is 1. The molecule has 1 heterocycles. The molecule has 1 aromatic rings. The van der Waals surface area contributed by atoms with Gasteiger partial charge in [0.2, 0.25) is 5.91 Å². The largest absolute Gasteiger partial charge is 0.481 e. The summed E-state index contributed by atoms with van der Waals surface area (Å²) >= 11 is 0. The number of primary amides is 1. The lowest BCUT2D eigenvalue weighted by molar-refractivity contribution is -0.137. The van der Waals surface area contributed by atoms with Crippen molar-refractivity contribution in [1.82, 2.24) is 4.98 Å². The predicted molar refractivity (Wildman–Crippen MR) is 67.4 cm³/mol. The van der Waals surface area contributed by atoms with Crippen LogP contribution in [0.5, 0.6) is 0 Å². The van der Waals surface area contributed by atoms with Gasteiger partial charge in [-0.25, -0.2) is 4.98 Å². The molecule has 0 saturated carbocycles. The molecule has 0 radical (unpaired) electrons. The molecule has 6 nitrogen and oxygen atoms in total. The molecule has 6 heteroatoms. The van der Waals surface area contributed by atoms with Crippen LogP contribution in [-0.4, -0.2) is 28.0 Å². The normalized spacial score (nSPS) is 11.9. The highest BCUT2D eigenvalue weighted by Crippen LogP contribution is 2.13. The van der Waals surface area contributed by atoms with E-state index in [-0.39, 0.29) is 12.5 Å². The van der Waals surface area contributed by atoms with Gasteiger partial charge in [-0.15, -0.1) is 0 Å². The Morgan fingerprint density at radius 1 is 1.50 bits per heavy atom. The Morgan fingerprint density at radius 3 is 2.67 bits per heavy atom. The summed E-state index contributed by atoms with van der Waals surface area (Å²) in [7, 11) is 0.